The fourth-order valence-electron chi connectivity index (χ4n) is 4.17. The van der Waals surface area contributed by atoms with Gasteiger partial charge in [0.15, 0.2) is 18.1 Å². The first-order chi connectivity index (χ1) is 19.3. The molecule has 0 spiro atoms. The number of rotatable bonds is 11. The molecule has 208 valence electrons. The Morgan fingerprint density at radius 2 is 1.77 bits per heavy atom. The summed E-state index contributed by atoms with van der Waals surface area (Å²) in [4.78, 5) is 12.4. The summed E-state index contributed by atoms with van der Waals surface area (Å²) in [5.74, 6) is 1.71. The molecule has 3 aromatic carbocycles. The Hall–Kier alpha value is -4.35. The fraction of sp³-hybridized carbons (Fsp3) is 0.290. The molecule has 0 aliphatic carbocycles. The van der Waals surface area contributed by atoms with Crippen LogP contribution in [0.4, 0.5) is 0 Å². The van der Waals surface area contributed by atoms with Crippen LogP contribution >= 0.6 is 11.6 Å². The lowest BCUT2D eigenvalue weighted by atomic mass is 9.83. The van der Waals surface area contributed by atoms with E-state index in [1.54, 1.807) is 42.5 Å². The number of hydrogen-bond acceptors (Lipinski definition) is 8. The van der Waals surface area contributed by atoms with Crippen LogP contribution in [-0.4, -0.2) is 25.8 Å². The quantitative estimate of drug-likeness (QED) is 0.212. The number of nitriles is 1. The van der Waals surface area contributed by atoms with Gasteiger partial charge in [0.05, 0.1) is 19.1 Å². The van der Waals surface area contributed by atoms with Gasteiger partial charge in [-0.05, 0) is 67.3 Å². The van der Waals surface area contributed by atoms with Crippen molar-refractivity contribution in [3.8, 4) is 34.8 Å². The highest BCUT2D eigenvalue weighted by atomic mass is 35.5. The molecule has 1 aliphatic rings. The second kappa shape index (κ2) is 13.1. The Morgan fingerprint density at radius 3 is 2.48 bits per heavy atom. The van der Waals surface area contributed by atoms with Crippen molar-refractivity contribution >= 4 is 17.6 Å². The highest BCUT2D eigenvalue weighted by Gasteiger charge is 2.32. The molecule has 0 aromatic heterocycles. The average molecular weight is 563 g/mol. The topological polar surface area (TPSA) is 113 Å². The van der Waals surface area contributed by atoms with E-state index in [1.165, 1.54) is 0 Å². The van der Waals surface area contributed by atoms with Crippen molar-refractivity contribution in [1.29, 1.82) is 5.26 Å². The number of esters is 1. The third-order valence-electron chi connectivity index (χ3n) is 6.15. The third-order valence-corrected chi connectivity index (χ3v) is 6.40. The highest BCUT2D eigenvalue weighted by Crippen LogP contribution is 2.45. The van der Waals surface area contributed by atoms with Gasteiger partial charge in [-0.15, -0.1) is 0 Å². The Kier molecular flexibility index (Phi) is 9.41. The van der Waals surface area contributed by atoms with Gasteiger partial charge < -0.3 is 29.4 Å². The Balaban J connectivity index is 1.56. The molecular weight excluding hydrogens is 532 g/mol. The zero-order chi connectivity index (χ0) is 28.6. The Morgan fingerprint density at radius 1 is 1.02 bits per heavy atom. The molecule has 1 heterocycles. The molecule has 0 amide bonds. The predicted octanol–water partition coefficient (Wildman–Crippen LogP) is 6.37. The summed E-state index contributed by atoms with van der Waals surface area (Å²) < 4.78 is 28.5. The van der Waals surface area contributed by atoms with Crippen LogP contribution in [-0.2, 0) is 4.79 Å². The first-order valence-corrected chi connectivity index (χ1v) is 13.4. The van der Waals surface area contributed by atoms with Gasteiger partial charge in [0.2, 0.25) is 5.88 Å². The third kappa shape index (κ3) is 6.99. The van der Waals surface area contributed by atoms with Crippen molar-refractivity contribution in [3.05, 3.63) is 88.3 Å². The minimum atomic E-state index is -0.599. The van der Waals surface area contributed by atoms with E-state index in [4.69, 9.17) is 41.0 Å². The van der Waals surface area contributed by atoms with Gasteiger partial charge in [0.25, 0.3) is 0 Å². The van der Waals surface area contributed by atoms with Crippen LogP contribution in [0.1, 0.15) is 44.2 Å². The van der Waals surface area contributed by atoms with Gasteiger partial charge in [-0.2, -0.15) is 5.26 Å². The van der Waals surface area contributed by atoms with Crippen LogP contribution in [0.25, 0.3) is 0 Å². The van der Waals surface area contributed by atoms with Crippen molar-refractivity contribution in [1.82, 2.24) is 0 Å². The Bertz CT molecular complexity index is 1430. The van der Waals surface area contributed by atoms with Gasteiger partial charge in [0, 0.05) is 16.7 Å². The van der Waals surface area contributed by atoms with Crippen molar-refractivity contribution in [3.63, 3.8) is 0 Å². The second-order valence-corrected chi connectivity index (χ2v) is 9.95. The number of benzene rings is 3. The van der Waals surface area contributed by atoms with Crippen molar-refractivity contribution < 1.29 is 28.5 Å². The van der Waals surface area contributed by atoms with Crippen LogP contribution in [0.2, 0.25) is 5.02 Å². The van der Waals surface area contributed by atoms with Crippen LogP contribution < -0.4 is 29.4 Å². The molecule has 1 unspecified atom stereocenters. The molecule has 0 radical (unpaired) electrons. The van der Waals surface area contributed by atoms with Crippen LogP contribution in [0, 0.1) is 17.2 Å². The zero-order valence-electron chi connectivity index (χ0n) is 22.6. The summed E-state index contributed by atoms with van der Waals surface area (Å²) in [6, 6.07) is 19.4. The SMILES string of the molecule is CCOc1cc(C2C(C#N)=C(N)Oc3cc(OC(=O)COc4ccc(Cl)cc4)ccc32)ccc1OCCC(C)C. The number of carbonyl (C=O) groups is 1. The molecule has 1 atom stereocenters. The summed E-state index contributed by atoms with van der Waals surface area (Å²) in [6.07, 6.45) is 0.915. The van der Waals surface area contributed by atoms with Crippen molar-refractivity contribution in [2.75, 3.05) is 19.8 Å². The molecule has 40 heavy (non-hydrogen) atoms. The van der Waals surface area contributed by atoms with Crippen molar-refractivity contribution in [2.24, 2.45) is 11.7 Å². The first kappa shape index (κ1) is 28.7. The van der Waals surface area contributed by atoms with Gasteiger partial charge in [-0.1, -0.05) is 37.6 Å². The lowest BCUT2D eigenvalue weighted by Crippen LogP contribution is -2.22. The van der Waals surface area contributed by atoms with E-state index in [2.05, 4.69) is 19.9 Å². The van der Waals surface area contributed by atoms with E-state index < -0.39 is 11.9 Å². The van der Waals surface area contributed by atoms with E-state index in [0.29, 0.717) is 52.7 Å². The number of halogens is 1. The number of nitrogens with two attached hydrogens (primary N) is 1. The van der Waals surface area contributed by atoms with Gasteiger partial charge >= 0.3 is 5.97 Å². The lowest BCUT2D eigenvalue weighted by molar-refractivity contribution is -0.136. The maximum absolute atomic E-state index is 12.4. The first-order valence-electron chi connectivity index (χ1n) is 13.0. The number of carbonyl (C=O) groups excluding carboxylic acids is 1. The fourth-order valence-corrected chi connectivity index (χ4v) is 4.30. The Labute approximate surface area is 238 Å². The molecule has 0 saturated heterocycles. The van der Waals surface area contributed by atoms with E-state index in [0.717, 1.165) is 12.0 Å². The van der Waals surface area contributed by atoms with Gasteiger partial charge in [-0.3, -0.25) is 0 Å². The molecule has 0 bridgehead atoms. The molecule has 3 aromatic rings. The largest absolute Gasteiger partial charge is 0.490 e. The van der Waals surface area contributed by atoms with Crippen molar-refractivity contribution in [2.45, 2.75) is 33.1 Å². The molecule has 1 aliphatic heterocycles. The summed E-state index contributed by atoms with van der Waals surface area (Å²) in [7, 11) is 0. The number of ether oxygens (including phenoxy) is 5. The molecule has 0 fully saturated rings. The molecule has 8 nitrogen and oxygen atoms in total. The highest BCUT2D eigenvalue weighted by molar-refractivity contribution is 6.30. The number of nitrogens with zero attached hydrogens (tertiary/aromatic N) is 1. The molecule has 0 saturated carbocycles. The smallest absolute Gasteiger partial charge is 0.349 e. The molecule has 4 rings (SSSR count). The average Bonchev–Trinajstić information content (AvgIpc) is 2.92. The number of allylic oxidation sites excluding steroid dienone is 1. The standard InChI is InChI=1S/C31H31ClN2O6/c1-4-36-28-15-20(5-12-26(28)37-14-13-19(2)3)30-24-11-10-23(16-27(24)40-31(34)25(30)17-33)39-29(35)18-38-22-8-6-21(32)7-9-22/h5-12,15-16,19,30H,4,13-14,18,34H2,1-3H3. The lowest BCUT2D eigenvalue weighted by Gasteiger charge is -2.27. The minimum Gasteiger partial charge on any atom is -0.490 e. The van der Waals surface area contributed by atoms with Crippen LogP contribution in [0.3, 0.4) is 0 Å². The van der Waals surface area contributed by atoms with Crippen LogP contribution in [0.5, 0.6) is 28.7 Å². The minimum absolute atomic E-state index is 0.0234. The summed E-state index contributed by atoms with van der Waals surface area (Å²) in [5.41, 5.74) is 7.91. The van der Waals surface area contributed by atoms with Crippen LogP contribution in [0.15, 0.2) is 72.1 Å². The summed E-state index contributed by atoms with van der Waals surface area (Å²) >= 11 is 5.87. The zero-order valence-corrected chi connectivity index (χ0v) is 23.4. The number of fused-ring (bicyclic) bond motifs is 1. The molecule has 9 heteroatoms. The molecular formula is C31H31ClN2O6. The normalized spacial score (nSPS) is 14.2. The van der Waals surface area contributed by atoms with Gasteiger partial charge in [0.1, 0.15) is 28.9 Å². The van der Waals surface area contributed by atoms with E-state index >= 15 is 0 Å². The summed E-state index contributed by atoms with van der Waals surface area (Å²) in [5, 5.41) is 10.5. The van der Waals surface area contributed by atoms with E-state index in [1.807, 2.05) is 25.1 Å². The maximum Gasteiger partial charge on any atom is 0.349 e. The number of hydrogen-bond donors (Lipinski definition) is 1. The second-order valence-electron chi connectivity index (χ2n) is 9.51. The van der Waals surface area contributed by atoms with Gasteiger partial charge in [-0.25, -0.2) is 4.79 Å². The maximum atomic E-state index is 12.4. The monoisotopic (exact) mass is 562 g/mol. The molecule has 2 N–H and O–H groups in total. The predicted molar refractivity (Wildman–Crippen MR) is 151 cm³/mol. The van der Waals surface area contributed by atoms with E-state index in [-0.39, 0.29) is 23.8 Å². The summed E-state index contributed by atoms with van der Waals surface area (Å²) in [6.45, 7) is 6.90. The van der Waals surface area contributed by atoms with E-state index in [9.17, 15) is 10.1 Å².